The third-order valence-corrected chi connectivity index (χ3v) is 2.47. The molecule has 0 radical (unpaired) electrons. The van der Waals surface area contributed by atoms with Crippen LogP contribution in [0.15, 0.2) is 5.51 Å². The largest absolute Gasteiger partial charge is 0.349 e. The van der Waals surface area contributed by atoms with E-state index in [1.165, 1.54) is 0 Å². The fourth-order valence-electron chi connectivity index (χ4n) is 0.954. The first kappa shape index (κ1) is 9.41. The lowest BCUT2D eigenvalue weighted by Gasteiger charge is -2.18. The summed E-state index contributed by atoms with van der Waals surface area (Å²) < 4.78 is 0. The molecule has 2 N–H and O–H groups in total. The zero-order valence-electron chi connectivity index (χ0n) is 7.40. The van der Waals surface area contributed by atoms with Crippen LogP contribution < -0.4 is 10.6 Å². The maximum Gasteiger partial charge on any atom is 0.207 e. The van der Waals surface area contributed by atoms with Gasteiger partial charge in [-0.05, 0) is 12.5 Å². The fourth-order valence-corrected chi connectivity index (χ4v) is 1.49. The second kappa shape index (κ2) is 4.37. The van der Waals surface area contributed by atoms with Gasteiger partial charge in [0.1, 0.15) is 5.51 Å². The molecule has 1 unspecified atom stereocenters. The molecule has 0 aromatic carbocycles. The molecule has 1 aromatic heterocycles. The van der Waals surface area contributed by atoms with Crippen molar-refractivity contribution < 1.29 is 0 Å². The average Bonchev–Trinajstić information content (AvgIpc) is 2.56. The van der Waals surface area contributed by atoms with Gasteiger partial charge in [-0.2, -0.15) is 0 Å². The lowest BCUT2D eigenvalue weighted by atomic mass is 10.2. The van der Waals surface area contributed by atoms with E-state index in [4.69, 9.17) is 5.73 Å². The maximum absolute atomic E-state index is 5.51. The van der Waals surface area contributed by atoms with Gasteiger partial charge >= 0.3 is 0 Å². The van der Waals surface area contributed by atoms with Crippen LogP contribution in [0, 0.1) is 5.92 Å². The minimum Gasteiger partial charge on any atom is -0.349 e. The number of hydrogen-bond donors (Lipinski definition) is 1. The lowest BCUT2D eigenvalue weighted by molar-refractivity contribution is 0.588. The van der Waals surface area contributed by atoms with Crippen LogP contribution in [-0.2, 0) is 0 Å². The van der Waals surface area contributed by atoms with Gasteiger partial charge in [-0.15, -0.1) is 10.2 Å². The van der Waals surface area contributed by atoms with Crippen LogP contribution in [0.3, 0.4) is 0 Å². The number of nitrogens with zero attached hydrogens (tertiary/aromatic N) is 3. The van der Waals surface area contributed by atoms with Crippen molar-refractivity contribution in [2.45, 2.75) is 6.92 Å². The van der Waals surface area contributed by atoms with Gasteiger partial charge in [0.15, 0.2) is 0 Å². The summed E-state index contributed by atoms with van der Waals surface area (Å²) in [5.74, 6) is 0.499. The van der Waals surface area contributed by atoms with Gasteiger partial charge in [-0.3, -0.25) is 0 Å². The monoisotopic (exact) mass is 186 g/mol. The van der Waals surface area contributed by atoms with Crippen molar-refractivity contribution in [3.63, 3.8) is 0 Å². The Hall–Kier alpha value is -0.680. The zero-order chi connectivity index (χ0) is 8.97. The Bertz CT molecular complexity index is 211. The number of hydrogen-bond acceptors (Lipinski definition) is 5. The minimum absolute atomic E-state index is 0.499. The van der Waals surface area contributed by atoms with Crippen LogP contribution in [-0.4, -0.2) is 30.3 Å². The Morgan fingerprint density at radius 2 is 2.50 bits per heavy atom. The molecule has 0 fully saturated rings. The molecule has 1 rings (SSSR count). The normalized spacial score (nSPS) is 12.9. The van der Waals surface area contributed by atoms with Crippen molar-refractivity contribution in [2.75, 3.05) is 25.0 Å². The first-order valence-electron chi connectivity index (χ1n) is 3.91. The Labute approximate surface area is 76.4 Å². The van der Waals surface area contributed by atoms with Crippen LogP contribution in [0.2, 0.25) is 0 Å². The average molecular weight is 186 g/mol. The first-order chi connectivity index (χ1) is 5.74. The molecule has 1 heterocycles. The minimum atomic E-state index is 0.499. The van der Waals surface area contributed by atoms with Crippen molar-refractivity contribution in [3.05, 3.63) is 5.51 Å². The van der Waals surface area contributed by atoms with Crippen molar-refractivity contribution in [1.29, 1.82) is 0 Å². The summed E-state index contributed by atoms with van der Waals surface area (Å²) in [5, 5.41) is 8.68. The summed E-state index contributed by atoms with van der Waals surface area (Å²) in [6.45, 7) is 3.77. The van der Waals surface area contributed by atoms with Gasteiger partial charge in [-0.25, -0.2) is 0 Å². The number of anilines is 1. The van der Waals surface area contributed by atoms with Gasteiger partial charge in [-0.1, -0.05) is 18.3 Å². The molecule has 1 atom stereocenters. The van der Waals surface area contributed by atoms with Crippen molar-refractivity contribution in [2.24, 2.45) is 11.7 Å². The number of nitrogens with two attached hydrogens (primary N) is 1. The summed E-state index contributed by atoms with van der Waals surface area (Å²) in [6.07, 6.45) is 0. The van der Waals surface area contributed by atoms with Crippen LogP contribution in [0.25, 0.3) is 0 Å². The molecule has 0 aliphatic heterocycles. The molecule has 12 heavy (non-hydrogen) atoms. The van der Waals surface area contributed by atoms with E-state index >= 15 is 0 Å². The molecular formula is C7H14N4S. The molecule has 0 saturated heterocycles. The molecule has 0 saturated carbocycles. The molecule has 0 bridgehead atoms. The third kappa shape index (κ3) is 2.42. The second-order valence-corrected chi connectivity index (χ2v) is 3.75. The van der Waals surface area contributed by atoms with E-state index in [1.807, 2.05) is 7.05 Å². The van der Waals surface area contributed by atoms with Gasteiger partial charge < -0.3 is 10.6 Å². The summed E-state index contributed by atoms with van der Waals surface area (Å²) in [7, 11) is 2.01. The molecule has 5 heteroatoms. The highest BCUT2D eigenvalue weighted by atomic mass is 32.1. The summed E-state index contributed by atoms with van der Waals surface area (Å²) >= 11 is 1.55. The van der Waals surface area contributed by atoms with Crippen molar-refractivity contribution >= 4 is 16.5 Å². The summed E-state index contributed by atoms with van der Waals surface area (Å²) in [5.41, 5.74) is 7.25. The van der Waals surface area contributed by atoms with E-state index in [1.54, 1.807) is 16.8 Å². The number of rotatable bonds is 4. The highest BCUT2D eigenvalue weighted by molar-refractivity contribution is 7.13. The van der Waals surface area contributed by atoms with Crippen LogP contribution >= 0.6 is 11.3 Å². The topological polar surface area (TPSA) is 55.0 Å². The highest BCUT2D eigenvalue weighted by Crippen LogP contribution is 2.14. The second-order valence-electron chi connectivity index (χ2n) is 2.94. The first-order valence-corrected chi connectivity index (χ1v) is 4.79. The predicted octanol–water partition coefficient (Wildman–Crippen LogP) is 0.569. The van der Waals surface area contributed by atoms with Gasteiger partial charge in [0.05, 0.1) is 0 Å². The third-order valence-electron chi connectivity index (χ3n) is 1.66. The van der Waals surface area contributed by atoms with Gasteiger partial charge in [0.2, 0.25) is 5.13 Å². The van der Waals surface area contributed by atoms with Crippen molar-refractivity contribution in [1.82, 2.24) is 10.2 Å². The summed E-state index contributed by atoms with van der Waals surface area (Å²) in [6, 6.07) is 0. The Morgan fingerprint density at radius 1 is 1.75 bits per heavy atom. The van der Waals surface area contributed by atoms with Gasteiger partial charge in [0, 0.05) is 13.6 Å². The standard InChI is InChI=1S/C7H14N4S/c1-6(3-8)4-11(2)7-10-9-5-12-7/h5-6H,3-4,8H2,1-2H3. The molecule has 1 aromatic rings. The molecule has 0 amide bonds. The maximum atomic E-state index is 5.51. The smallest absolute Gasteiger partial charge is 0.207 e. The lowest BCUT2D eigenvalue weighted by Crippen LogP contribution is -2.28. The van der Waals surface area contributed by atoms with E-state index in [0.29, 0.717) is 12.5 Å². The van der Waals surface area contributed by atoms with E-state index < -0.39 is 0 Å². The summed E-state index contributed by atoms with van der Waals surface area (Å²) in [4.78, 5) is 2.08. The van der Waals surface area contributed by atoms with Crippen LogP contribution in [0.5, 0.6) is 0 Å². The molecule has 0 aliphatic carbocycles. The van der Waals surface area contributed by atoms with E-state index in [9.17, 15) is 0 Å². The molecule has 4 nitrogen and oxygen atoms in total. The zero-order valence-corrected chi connectivity index (χ0v) is 8.21. The van der Waals surface area contributed by atoms with Crippen molar-refractivity contribution in [3.8, 4) is 0 Å². The Kier molecular flexibility index (Phi) is 3.43. The fraction of sp³-hybridized carbons (Fsp3) is 0.714. The molecular weight excluding hydrogens is 172 g/mol. The Morgan fingerprint density at radius 3 is 3.00 bits per heavy atom. The Balaban J connectivity index is 2.44. The SMILES string of the molecule is CC(CN)CN(C)c1nncs1. The predicted molar refractivity (Wildman–Crippen MR) is 51.4 cm³/mol. The van der Waals surface area contributed by atoms with Gasteiger partial charge in [0.25, 0.3) is 0 Å². The molecule has 0 aliphatic rings. The molecule has 68 valence electrons. The number of aromatic nitrogens is 2. The van der Waals surface area contributed by atoms with E-state index in [2.05, 4.69) is 22.0 Å². The highest BCUT2D eigenvalue weighted by Gasteiger charge is 2.07. The van der Waals surface area contributed by atoms with E-state index in [-0.39, 0.29) is 0 Å². The van der Waals surface area contributed by atoms with Crippen LogP contribution in [0.1, 0.15) is 6.92 Å². The van der Waals surface area contributed by atoms with Crippen LogP contribution in [0.4, 0.5) is 5.13 Å². The molecule has 0 spiro atoms. The van der Waals surface area contributed by atoms with E-state index in [0.717, 1.165) is 11.7 Å². The quantitative estimate of drug-likeness (QED) is 0.747.